The fourth-order valence-corrected chi connectivity index (χ4v) is 4.01. The number of halogens is 1. The van der Waals surface area contributed by atoms with E-state index in [1.807, 2.05) is 19.9 Å². The molecule has 5 nitrogen and oxygen atoms in total. The standard InChI is InChI=1S/C23H26FN3O2/c1-23(2,28)14-27-10-4-5-15(13-27)20-12-19-17(8-9-25-22(19)26-20)18-11-16(24)6-7-21(18)29-3/h5-9,11-12,28H,4,10,13-14H2,1-3H3,(H,25,26). The monoisotopic (exact) mass is 395 g/mol. The van der Waals surface area contributed by atoms with Gasteiger partial charge in [0.05, 0.1) is 12.7 Å². The van der Waals surface area contributed by atoms with Gasteiger partial charge in [-0.2, -0.15) is 0 Å². The Labute approximate surface area is 169 Å². The number of rotatable bonds is 5. The van der Waals surface area contributed by atoms with Gasteiger partial charge in [0.2, 0.25) is 0 Å². The zero-order valence-electron chi connectivity index (χ0n) is 17.0. The molecule has 0 aliphatic carbocycles. The van der Waals surface area contributed by atoms with Crippen LogP contribution >= 0.6 is 0 Å². The van der Waals surface area contributed by atoms with Crippen LogP contribution in [0.15, 0.2) is 42.6 Å². The summed E-state index contributed by atoms with van der Waals surface area (Å²) >= 11 is 0. The van der Waals surface area contributed by atoms with Crippen molar-refractivity contribution in [2.45, 2.75) is 25.9 Å². The fourth-order valence-electron chi connectivity index (χ4n) is 4.01. The van der Waals surface area contributed by atoms with E-state index in [0.717, 1.165) is 41.8 Å². The van der Waals surface area contributed by atoms with Gasteiger partial charge >= 0.3 is 0 Å². The number of aromatic amines is 1. The van der Waals surface area contributed by atoms with E-state index in [0.29, 0.717) is 17.9 Å². The molecule has 0 spiro atoms. The highest BCUT2D eigenvalue weighted by molar-refractivity contribution is 5.96. The third-order valence-corrected chi connectivity index (χ3v) is 5.17. The van der Waals surface area contributed by atoms with Crippen LogP contribution in [0.2, 0.25) is 0 Å². The average molecular weight is 395 g/mol. The summed E-state index contributed by atoms with van der Waals surface area (Å²) in [5, 5.41) is 11.1. The van der Waals surface area contributed by atoms with Crippen LogP contribution in [0.1, 0.15) is 26.0 Å². The Hall–Kier alpha value is -2.70. The van der Waals surface area contributed by atoms with Crippen molar-refractivity contribution in [1.82, 2.24) is 14.9 Å². The number of β-amino-alcohol motifs (C(OH)–C–C–N with tert-alkyl or cyclic N) is 1. The van der Waals surface area contributed by atoms with E-state index < -0.39 is 5.60 Å². The lowest BCUT2D eigenvalue weighted by Crippen LogP contribution is -2.41. The molecule has 0 saturated carbocycles. The van der Waals surface area contributed by atoms with Crippen molar-refractivity contribution in [1.29, 1.82) is 0 Å². The molecule has 1 aromatic carbocycles. The first kappa shape index (κ1) is 19.6. The molecule has 3 aromatic rings. The molecule has 4 rings (SSSR count). The maximum absolute atomic E-state index is 13.9. The summed E-state index contributed by atoms with van der Waals surface area (Å²) < 4.78 is 19.4. The number of nitrogens with zero attached hydrogens (tertiary/aromatic N) is 2. The second-order valence-electron chi connectivity index (χ2n) is 8.19. The number of aromatic nitrogens is 2. The molecular weight excluding hydrogens is 369 g/mol. The van der Waals surface area contributed by atoms with Gasteiger partial charge in [0, 0.05) is 42.5 Å². The number of benzene rings is 1. The molecule has 152 valence electrons. The highest BCUT2D eigenvalue weighted by Crippen LogP contribution is 2.36. The fraction of sp³-hybridized carbons (Fsp3) is 0.348. The van der Waals surface area contributed by atoms with E-state index in [1.165, 1.54) is 17.7 Å². The molecule has 0 saturated heterocycles. The Morgan fingerprint density at radius 2 is 2.07 bits per heavy atom. The molecule has 2 aromatic heterocycles. The van der Waals surface area contributed by atoms with Crippen LogP contribution in [0.25, 0.3) is 27.7 Å². The number of ether oxygens (including phenoxy) is 1. The zero-order chi connectivity index (χ0) is 20.6. The smallest absolute Gasteiger partial charge is 0.138 e. The van der Waals surface area contributed by atoms with Gasteiger partial charge in [-0.3, -0.25) is 4.90 Å². The summed E-state index contributed by atoms with van der Waals surface area (Å²) in [6, 6.07) is 8.48. The third kappa shape index (κ3) is 4.18. The molecule has 0 radical (unpaired) electrons. The topological polar surface area (TPSA) is 61.4 Å². The second-order valence-corrected chi connectivity index (χ2v) is 8.19. The molecule has 1 aliphatic heterocycles. The van der Waals surface area contributed by atoms with Crippen molar-refractivity contribution in [2.75, 3.05) is 26.7 Å². The highest BCUT2D eigenvalue weighted by Gasteiger charge is 2.22. The van der Waals surface area contributed by atoms with E-state index in [4.69, 9.17) is 4.74 Å². The quantitative estimate of drug-likeness (QED) is 0.678. The maximum atomic E-state index is 13.9. The zero-order valence-corrected chi connectivity index (χ0v) is 17.0. The molecule has 0 fully saturated rings. The Bertz CT molecular complexity index is 1070. The molecule has 1 aliphatic rings. The number of H-pyrrole nitrogens is 1. The Kier molecular flexibility index (Phi) is 5.15. The van der Waals surface area contributed by atoms with Gasteiger partial charge in [-0.15, -0.1) is 0 Å². The van der Waals surface area contributed by atoms with Crippen molar-refractivity contribution < 1.29 is 14.2 Å². The molecule has 3 heterocycles. The lowest BCUT2D eigenvalue weighted by molar-refractivity contribution is 0.0402. The van der Waals surface area contributed by atoms with E-state index >= 15 is 0 Å². The largest absolute Gasteiger partial charge is 0.496 e. The number of methoxy groups -OCH3 is 1. The van der Waals surface area contributed by atoms with Crippen molar-refractivity contribution in [2.24, 2.45) is 0 Å². The molecule has 0 bridgehead atoms. The molecular formula is C23H26FN3O2. The van der Waals surface area contributed by atoms with E-state index in [2.05, 4.69) is 27.0 Å². The molecule has 6 heteroatoms. The van der Waals surface area contributed by atoms with Gasteiger partial charge in [0.15, 0.2) is 0 Å². The van der Waals surface area contributed by atoms with E-state index in [1.54, 1.807) is 19.4 Å². The van der Waals surface area contributed by atoms with Gasteiger partial charge < -0.3 is 14.8 Å². The first-order valence-corrected chi connectivity index (χ1v) is 9.80. The van der Waals surface area contributed by atoms with Crippen molar-refractivity contribution in [3.05, 3.63) is 54.1 Å². The van der Waals surface area contributed by atoms with Crippen molar-refractivity contribution in [3.63, 3.8) is 0 Å². The van der Waals surface area contributed by atoms with Gasteiger partial charge in [-0.25, -0.2) is 9.37 Å². The van der Waals surface area contributed by atoms with Crippen molar-refractivity contribution in [3.8, 4) is 16.9 Å². The van der Waals surface area contributed by atoms with Crippen LogP contribution in [0.5, 0.6) is 5.75 Å². The summed E-state index contributed by atoms with van der Waals surface area (Å²) in [6.07, 6.45) is 4.88. The van der Waals surface area contributed by atoms with Crippen LogP contribution < -0.4 is 4.74 Å². The number of hydrogen-bond acceptors (Lipinski definition) is 4. The first-order chi connectivity index (χ1) is 13.8. The number of pyridine rings is 1. The van der Waals surface area contributed by atoms with Crippen LogP contribution in [-0.2, 0) is 0 Å². The molecule has 2 N–H and O–H groups in total. The lowest BCUT2D eigenvalue weighted by atomic mass is 10.0. The third-order valence-electron chi connectivity index (χ3n) is 5.17. The van der Waals surface area contributed by atoms with Gasteiger partial charge in [-0.05, 0) is 61.7 Å². The second kappa shape index (κ2) is 7.61. The van der Waals surface area contributed by atoms with Crippen LogP contribution in [0.3, 0.4) is 0 Å². The normalized spacial score (nSPS) is 15.6. The summed E-state index contributed by atoms with van der Waals surface area (Å²) in [4.78, 5) is 10.1. The molecule has 29 heavy (non-hydrogen) atoms. The minimum Gasteiger partial charge on any atom is -0.496 e. The van der Waals surface area contributed by atoms with E-state index in [-0.39, 0.29) is 5.82 Å². The van der Waals surface area contributed by atoms with Gasteiger partial charge in [0.25, 0.3) is 0 Å². The average Bonchev–Trinajstić information content (AvgIpc) is 3.11. The maximum Gasteiger partial charge on any atom is 0.138 e. The minimum absolute atomic E-state index is 0.307. The Morgan fingerprint density at radius 3 is 2.83 bits per heavy atom. The molecule has 0 amide bonds. The predicted molar refractivity (Wildman–Crippen MR) is 113 cm³/mol. The Balaban J connectivity index is 1.72. The molecule has 0 unspecified atom stereocenters. The minimum atomic E-state index is -0.731. The summed E-state index contributed by atoms with van der Waals surface area (Å²) in [5.41, 5.74) is 3.77. The SMILES string of the molecule is COc1ccc(F)cc1-c1ccnc2[nH]c(C3=CCCN(CC(C)(C)O)C3)cc12. The summed E-state index contributed by atoms with van der Waals surface area (Å²) in [5.74, 6) is 0.314. The predicted octanol–water partition coefficient (Wildman–Crippen LogP) is 4.24. The number of nitrogens with one attached hydrogen (secondary N) is 1. The first-order valence-electron chi connectivity index (χ1n) is 9.80. The van der Waals surface area contributed by atoms with Crippen LogP contribution in [-0.4, -0.2) is 52.3 Å². The number of fused-ring (bicyclic) bond motifs is 1. The number of aliphatic hydroxyl groups is 1. The van der Waals surface area contributed by atoms with Gasteiger partial charge in [0.1, 0.15) is 17.2 Å². The lowest BCUT2D eigenvalue weighted by Gasteiger charge is -2.31. The van der Waals surface area contributed by atoms with Crippen LogP contribution in [0, 0.1) is 5.82 Å². The highest BCUT2D eigenvalue weighted by atomic mass is 19.1. The summed E-state index contributed by atoms with van der Waals surface area (Å²) in [6.45, 7) is 5.97. The summed E-state index contributed by atoms with van der Waals surface area (Å²) in [7, 11) is 1.59. The van der Waals surface area contributed by atoms with Gasteiger partial charge in [-0.1, -0.05) is 6.08 Å². The number of hydrogen-bond donors (Lipinski definition) is 2. The molecule has 0 atom stereocenters. The van der Waals surface area contributed by atoms with Crippen molar-refractivity contribution >= 4 is 16.6 Å². The van der Waals surface area contributed by atoms with E-state index in [9.17, 15) is 9.50 Å². The van der Waals surface area contributed by atoms with Crippen LogP contribution in [0.4, 0.5) is 4.39 Å². The Morgan fingerprint density at radius 1 is 1.24 bits per heavy atom.